The number of rotatable bonds is 2. The Morgan fingerprint density at radius 3 is 2.64 bits per heavy atom. The van der Waals surface area contributed by atoms with Crippen LogP contribution in [0.2, 0.25) is 0 Å². The molecule has 0 radical (unpaired) electrons. The minimum Gasteiger partial charge on any atom is -0.573 e. The molecule has 22 heavy (non-hydrogen) atoms. The van der Waals surface area contributed by atoms with Crippen LogP contribution in [0.5, 0.6) is 5.88 Å². The van der Waals surface area contributed by atoms with Crippen LogP contribution < -0.4 is 19.6 Å². The van der Waals surface area contributed by atoms with Crippen molar-refractivity contribution in [2.24, 2.45) is 0 Å². The normalized spacial score (nSPS) is 17.5. The molecule has 9 heteroatoms. The average molecular weight is 346 g/mol. The van der Waals surface area contributed by atoms with Crippen LogP contribution in [0, 0.1) is 0 Å². The van der Waals surface area contributed by atoms with Crippen LogP contribution >= 0.6 is 19.8 Å². The molecule has 7 nitrogen and oxygen atoms in total. The van der Waals surface area contributed by atoms with Crippen LogP contribution in [-0.2, 0) is 4.57 Å². The maximum atomic E-state index is 11.0. The van der Waals surface area contributed by atoms with Gasteiger partial charge in [-0.15, -0.1) is 0 Å². The highest BCUT2D eigenvalue weighted by atomic mass is 35.5. The van der Waals surface area contributed by atoms with E-state index >= 15 is 0 Å². The first kappa shape index (κ1) is 17.1. The van der Waals surface area contributed by atoms with E-state index in [1.54, 1.807) is 0 Å². The maximum Gasteiger partial charge on any atom is 0.440 e. The van der Waals surface area contributed by atoms with Gasteiger partial charge in [-0.05, 0) is 48.2 Å². The molecular weight excluding hydrogens is 329 g/mol. The second-order valence-corrected chi connectivity index (χ2v) is 6.14. The monoisotopic (exact) mass is 345 g/mol. The first-order valence-corrected chi connectivity index (χ1v) is 8.55. The third-order valence-corrected chi connectivity index (χ3v) is 4.31. The van der Waals surface area contributed by atoms with Gasteiger partial charge in [-0.1, -0.05) is 6.42 Å². The molecule has 1 unspecified atom stereocenters. The summed E-state index contributed by atoms with van der Waals surface area (Å²) in [6.07, 6.45) is 5.46. The summed E-state index contributed by atoms with van der Waals surface area (Å²) in [5, 5.41) is 2.59. The van der Waals surface area contributed by atoms with Crippen LogP contribution in [0.4, 0.5) is 5.69 Å². The number of halogens is 1. The number of fused-ring (bicyclic) bond motifs is 1. The van der Waals surface area contributed by atoms with Crippen LogP contribution in [-0.4, -0.2) is 36.5 Å². The van der Waals surface area contributed by atoms with Gasteiger partial charge < -0.3 is 14.9 Å². The predicted octanol–water partition coefficient (Wildman–Crippen LogP) is 1.44. The van der Waals surface area contributed by atoms with E-state index in [-0.39, 0.29) is 30.3 Å². The number of piperidine rings is 1. The van der Waals surface area contributed by atoms with Gasteiger partial charge in [0.1, 0.15) is 12.3 Å². The number of hydrogen-bond acceptors (Lipinski definition) is 6. The quantitative estimate of drug-likeness (QED) is 0.640. The standard InChI is InChI=1S/C8H6ClN2O4P.C5H11N/c9-7(12)5-3-6-8(10-4-5)15-2-1-11(6)16(13)14;1-2-4-6-5-3-1/h3-4H,1-2H2;6H,1-5H2. The third-order valence-electron chi connectivity index (χ3n) is 3.28. The summed E-state index contributed by atoms with van der Waals surface area (Å²) >= 11 is 5.28. The van der Waals surface area contributed by atoms with E-state index in [0.29, 0.717) is 0 Å². The average Bonchev–Trinajstić information content (AvgIpc) is 2.55. The fraction of sp³-hybridized carbons (Fsp3) is 0.538. The predicted molar refractivity (Wildman–Crippen MR) is 81.6 cm³/mol. The molecule has 1 aromatic rings. The van der Waals surface area contributed by atoms with Crippen LogP contribution in [0.3, 0.4) is 0 Å². The molecule has 0 saturated carbocycles. The molecule has 1 fully saturated rings. The van der Waals surface area contributed by atoms with E-state index in [1.807, 2.05) is 0 Å². The van der Waals surface area contributed by atoms with Gasteiger partial charge in [0.25, 0.3) is 5.24 Å². The molecule has 0 aliphatic carbocycles. The molecule has 3 heterocycles. The molecule has 1 atom stereocenters. The van der Waals surface area contributed by atoms with E-state index in [1.165, 1.54) is 44.6 Å². The molecule has 120 valence electrons. The number of anilines is 1. The van der Waals surface area contributed by atoms with Crippen molar-refractivity contribution in [2.75, 3.05) is 30.9 Å². The zero-order valence-electron chi connectivity index (χ0n) is 12.0. The van der Waals surface area contributed by atoms with Gasteiger partial charge in [0.2, 0.25) is 5.88 Å². The molecule has 2 aliphatic heterocycles. The lowest BCUT2D eigenvalue weighted by atomic mass is 10.2. The summed E-state index contributed by atoms with van der Waals surface area (Å²) < 4.78 is 17.2. The Morgan fingerprint density at radius 2 is 2.14 bits per heavy atom. The Kier molecular flexibility index (Phi) is 6.51. The highest BCUT2D eigenvalue weighted by Gasteiger charge is 2.28. The highest BCUT2D eigenvalue weighted by molar-refractivity contribution is 7.38. The van der Waals surface area contributed by atoms with Crippen molar-refractivity contribution in [3.63, 3.8) is 0 Å². The SMILES string of the molecule is C1CCNCC1.O=C(Cl)c1cnc2c(c1)N([P+](=O)[O-])CCO2. The molecule has 0 amide bonds. The number of aromatic nitrogens is 1. The molecule has 1 aromatic heterocycles. The fourth-order valence-corrected chi connectivity index (χ4v) is 2.83. The lowest BCUT2D eigenvalue weighted by Crippen LogP contribution is -2.29. The van der Waals surface area contributed by atoms with Crippen molar-refractivity contribution in [3.05, 3.63) is 17.8 Å². The van der Waals surface area contributed by atoms with Crippen LogP contribution in [0.15, 0.2) is 12.3 Å². The number of pyridine rings is 1. The van der Waals surface area contributed by atoms with E-state index in [2.05, 4.69) is 10.3 Å². The zero-order chi connectivity index (χ0) is 15.9. The summed E-state index contributed by atoms with van der Waals surface area (Å²) in [6, 6.07) is 1.35. The Labute approximate surface area is 134 Å². The van der Waals surface area contributed by atoms with Gasteiger partial charge in [0.05, 0.1) is 12.1 Å². The van der Waals surface area contributed by atoms with E-state index in [9.17, 15) is 14.3 Å². The summed E-state index contributed by atoms with van der Waals surface area (Å²) in [7, 11) is -2.78. The molecule has 0 spiro atoms. The summed E-state index contributed by atoms with van der Waals surface area (Å²) in [5.41, 5.74) is 0.377. The van der Waals surface area contributed by atoms with E-state index in [0.717, 1.165) is 4.67 Å². The Balaban J connectivity index is 0.000000246. The van der Waals surface area contributed by atoms with Gasteiger partial charge in [0.15, 0.2) is 0 Å². The number of nitrogens with zero attached hydrogens (tertiary/aromatic N) is 2. The van der Waals surface area contributed by atoms with Gasteiger partial charge in [-0.25, -0.2) is 4.98 Å². The number of nitrogens with one attached hydrogen (secondary N) is 1. The smallest absolute Gasteiger partial charge is 0.440 e. The summed E-state index contributed by atoms with van der Waals surface area (Å²) in [5.74, 6) is 0.187. The number of carbonyl (C=O) groups excluding carboxylic acids is 1. The van der Waals surface area contributed by atoms with E-state index in [4.69, 9.17) is 16.3 Å². The molecule has 0 aromatic carbocycles. The van der Waals surface area contributed by atoms with E-state index < -0.39 is 13.4 Å². The second-order valence-electron chi connectivity index (χ2n) is 4.84. The molecule has 0 bridgehead atoms. The van der Waals surface area contributed by atoms with Crippen molar-refractivity contribution >= 4 is 30.7 Å². The fourth-order valence-electron chi connectivity index (χ4n) is 2.16. The minimum absolute atomic E-state index is 0.132. The van der Waals surface area contributed by atoms with Crippen molar-refractivity contribution in [1.29, 1.82) is 0 Å². The van der Waals surface area contributed by atoms with Crippen molar-refractivity contribution in [2.45, 2.75) is 19.3 Å². The Bertz CT molecular complexity index is 543. The summed E-state index contributed by atoms with van der Waals surface area (Å²) in [4.78, 5) is 25.7. The third kappa shape index (κ3) is 4.61. The van der Waals surface area contributed by atoms with Gasteiger partial charge in [-0.2, -0.15) is 4.67 Å². The Hall–Kier alpha value is -1.27. The van der Waals surface area contributed by atoms with Crippen molar-refractivity contribution < 1.29 is 19.0 Å². The first-order valence-electron chi connectivity index (χ1n) is 7.05. The largest absolute Gasteiger partial charge is 0.573 e. The zero-order valence-corrected chi connectivity index (χ0v) is 13.6. The molecular formula is C13H17ClN3O4P. The molecule has 2 aliphatic rings. The summed E-state index contributed by atoms with van der Waals surface area (Å²) in [6.45, 7) is 2.94. The lowest BCUT2D eigenvalue weighted by molar-refractivity contribution is -0.165. The first-order chi connectivity index (χ1) is 10.6. The number of carbonyl (C=O) groups is 1. The van der Waals surface area contributed by atoms with Gasteiger partial charge >= 0.3 is 8.18 Å². The highest BCUT2D eigenvalue weighted by Crippen LogP contribution is 2.37. The van der Waals surface area contributed by atoms with Gasteiger partial charge in [0, 0.05) is 6.20 Å². The maximum absolute atomic E-state index is 11.0. The topological polar surface area (TPSA) is 94.6 Å². The lowest BCUT2D eigenvalue weighted by Gasteiger charge is -2.22. The second kappa shape index (κ2) is 8.39. The van der Waals surface area contributed by atoms with Gasteiger partial charge in [-0.3, -0.25) is 4.79 Å². The number of hydrogen-bond donors (Lipinski definition) is 1. The number of ether oxygens (including phenoxy) is 1. The van der Waals surface area contributed by atoms with Crippen LogP contribution in [0.25, 0.3) is 0 Å². The van der Waals surface area contributed by atoms with Crippen LogP contribution in [0.1, 0.15) is 29.6 Å². The Morgan fingerprint density at radius 1 is 1.41 bits per heavy atom. The molecule has 1 N–H and O–H groups in total. The van der Waals surface area contributed by atoms with Crippen molar-refractivity contribution in [3.8, 4) is 5.88 Å². The molecule has 1 saturated heterocycles. The molecule has 3 rings (SSSR count). The minimum atomic E-state index is -2.78. The van der Waals surface area contributed by atoms with Crippen molar-refractivity contribution in [1.82, 2.24) is 10.3 Å².